The van der Waals surface area contributed by atoms with E-state index in [-0.39, 0.29) is 17.5 Å². The number of nitrogens with two attached hydrogens (primary N) is 2. The highest BCUT2D eigenvalue weighted by Gasteiger charge is 2.35. The second kappa shape index (κ2) is 13.1. The van der Waals surface area contributed by atoms with Crippen molar-refractivity contribution >= 4 is 28.7 Å². The summed E-state index contributed by atoms with van der Waals surface area (Å²) < 4.78 is 26.0. The summed E-state index contributed by atoms with van der Waals surface area (Å²) in [5.41, 5.74) is 11.7. The first-order valence-corrected chi connectivity index (χ1v) is 12.8. The smallest absolute Gasteiger partial charge is 0.328 e. The van der Waals surface area contributed by atoms with Gasteiger partial charge in [0.05, 0.1) is 25.8 Å². The van der Waals surface area contributed by atoms with E-state index in [0.717, 1.165) is 24.8 Å². The molecule has 3 rings (SSSR count). The van der Waals surface area contributed by atoms with Gasteiger partial charge in [0.25, 0.3) is 5.91 Å². The normalized spacial score (nSPS) is 12.1. The first-order chi connectivity index (χ1) is 18.5. The van der Waals surface area contributed by atoms with Gasteiger partial charge >= 0.3 is 5.97 Å². The Morgan fingerprint density at radius 2 is 1.82 bits per heavy atom. The summed E-state index contributed by atoms with van der Waals surface area (Å²) in [6.45, 7) is 6.89. The van der Waals surface area contributed by atoms with Gasteiger partial charge < -0.3 is 26.3 Å². The third kappa shape index (κ3) is 8.17. The Hall–Kier alpha value is -4.15. The number of rotatable bonds is 12. The number of carbonyl (C=O) groups is 2. The standard InChI is InChI=1S/C28H37FN6O4/c1-28(2,3)24(26(37)38-4)33-25(36)23-21-13-12-20(39-15-7-5-6-14-32-27(30)31)16-22(21)35(34-23)17-18-8-10-19(29)11-9-18/h8-13,16,24H,5-7,14-15,17H2,1-4H3,(H,33,36)(H4,30,31,32)/t24-/m1/s1. The molecule has 0 spiro atoms. The molecule has 0 aliphatic rings. The van der Waals surface area contributed by atoms with Crippen LogP contribution in [-0.2, 0) is 16.1 Å². The topological polar surface area (TPSA) is 147 Å². The largest absolute Gasteiger partial charge is 0.494 e. The van der Waals surface area contributed by atoms with Gasteiger partial charge in [0.15, 0.2) is 11.7 Å². The summed E-state index contributed by atoms with van der Waals surface area (Å²) in [6, 6.07) is 10.6. The van der Waals surface area contributed by atoms with Gasteiger partial charge in [0.2, 0.25) is 0 Å². The van der Waals surface area contributed by atoms with E-state index < -0.39 is 23.3 Å². The number of nitrogens with zero attached hydrogens (tertiary/aromatic N) is 3. The van der Waals surface area contributed by atoms with Crippen molar-refractivity contribution < 1.29 is 23.5 Å². The highest BCUT2D eigenvalue weighted by molar-refractivity contribution is 6.06. The van der Waals surface area contributed by atoms with E-state index in [9.17, 15) is 14.0 Å². The van der Waals surface area contributed by atoms with Crippen LogP contribution in [0.15, 0.2) is 47.5 Å². The van der Waals surface area contributed by atoms with Crippen LogP contribution < -0.4 is 21.5 Å². The van der Waals surface area contributed by atoms with Crippen LogP contribution in [0.5, 0.6) is 5.75 Å². The van der Waals surface area contributed by atoms with E-state index in [4.69, 9.17) is 20.9 Å². The highest BCUT2D eigenvalue weighted by atomic mass is 19.1. The first kappa shape index (κ1) is 29.4. The molecule has 0 aliphatic heterocycles. The molecule has 0 saturated carbocycles. The van der Waals surface area contributed by atoms with Crippen molar-refractivity contribution in [2.24, 2.45) is 21.9 Å². The predicted octanol–water partition coefficient (Wildman–Crippen LogP) is 3.36. The number of amides is 1. The number of aromatic nitrogens is 2. The molecule has 3 aromatic rings. The Balaban J connectivity index is 1.85. The fraction of sp³-hybridized carbons (Fsp3) is 0.429. The number of esters is 1. The molecule has 39 heavy (non-hydrogen) atoms. The van der Waals surface area contributed by atoms with Crippen LogP contribution in [0.25, 0.3) is 10.9 Å². The molecular formula is C28H37FN6O4. The molecule has 0 unspecified atom stereocenters. The molecule has 0 saturated heterocycles. The third-order valence-electron chi connectivity index (χ3n) is 6.13. The summed E-state index contributed by atoms with van der Waals surface area (Å²) in [4.78, 5) is 29.7. The molecule has 2 aromatic carbocycles. The number of halogens is 1. The Morgan fingerprint density at radius 1 is 1.10 bits per heavy atom. The molecule has 1 aromatic heterocycles. The number of hydrogen-bond acceptors (Lipinski definition) is 6. The summed E-state index contributed by atoms with van der Waals surface area (Å²) in [5, 5.41) is 7.96. The monoisotopic (exact) mass is 540 g/mol. The zero-order valence-electron chi connectivity index (χ0n) is 22.9. The number of guanidine groups is 1. The minimum absolute atomic E-state index is 0.0871. The second-order valence-electron chi connectivity index (χ2n) is 10.3. The number of ether oxygens (including phenoxy) is 2. The van der Waals surface area contributed by atoms with Gasteiger partial charge in [-0.3, -0.25) is 14.5 Å². The number of carbonyl (C=O) groups excluding carboxylic acids is 2. The lowest BCUT2D eigenvalue weighted by atomic mass is 9.86. The van der Waals surface area contributed by atoms with Gasteiger partial charge in [-0.1, -0.05) is 32.9 Å². The van der Waals surface area contributed by atoms with Gasteiger partial charge in [-0.05, 0) is 54.5 Å². The molecular weight excluding hydrogens is 503 g/mol. The van der Waals surface area contributed by atoms with Crippen LogP contribution in [0.3, 0.4) is 0 Å². The SMILES string of the molecule is COC(=O)[C@@H](NC(=O)c1nn(Cc2ccc(F)cc2)c2cc(OCCCCCN=C(N)N)ccc12)C(C)(C)C. The van der Waals surface area contributed by atoms with Gasteiger partial charge in [0.1, 0.15) is 17.6 Å². The lowest BCUT2D eigenvalue weighted by Crippen LogP contribution is -2.49. The van der Waals surface area contributed by atoms with Crippen molar-refractivity contribution in [1.82, 2.24) is 15.1 Å². The van der Waals surface area contributed by atoms with Crippen molar-refractivity contribution in [1.29, 1.82) is 0 Å². The van der Waals surface area contributed by atoms with Gasteiger partial charge in [0, 0.05) is 18.0 Å². The van der Waals surface area contributed by atoms with Crippen LogP contribution in [0.4, 0.5) is 4.39 Å². The zero-order chi connectivity index (χ0) is 28.6. The fourth-order valence-electron chi connectivity index (χ4n) is 4.03. The number of hydrogen-bond donors (Lipinski definition) is 3. The van der Waals surface area contributed by atoms with E-state index in [1.165, 1.54) is 19.2 Å². The molecule has 10 nitrogen and oxygen atoms in total. The number of aliphatic imine (C=N–C) groups is 1. The highest BCUT2D eigenvalue weighted by Crippen LogP contribution is 2.27. The van der Waals surface area contributed by atoms with Gasteiger partial charge in [-0.25, -0.2) is 9.18 Å². The minimum Gasteiger partial charge on any atom is -0.494 e. The number of nitrogens with one attached hydrogen (secondary N) is 1. The Bertz CT molecular complexity index is 1310. The van der Waals surface area contributed by atoms with Crippen molar-refractivity contribution in [2.75, 3.05) is 20.3 Å². The van der Waals surface area contributed by atoms with Crippen LogP contribution in [0, 0.1) is 11.2 Å². The average Bonchev–Trinajstić information content (AvgIpc) is 3.24. The lowest BCUT2D eigenvalue weighted by molar-refractivity contribution is -0.145. The van der Waals surface area contributed by atoms with Crippen molar-refractivity contribution in [3.63, 3.8) is 0 Å². The molecule has 0 fully saturated rings. The van der Waals surface area contributed by atoms with E-state index >= 15 is 0 Å². The maximum atomic E-state index is 13.5. The number of methoxy groups -OCH3 is 1. The summed E-state index contributed by atoms with van der Waals surface area (Å²) in [5.74, 6) is -0.670. The molecule has 0 radical (unpaired) electrons. The van der Waals surface area contributed by atoms with Gasteiger partial charge in [-0.2, -0.15) is 5.10 Å². The summed E-state index contributed by atoms with van der Waals surface area (Å²) >= 11 is 0. The number of benzene rings is 2. The maximum Gasteiger partial charge on any atom is 0.328 e. The maximum absolute atomic E-state index is 13.5. The predicted molar refractivity (Wildman–Crippen MR) is 148 cm³/mol. The molecule has 1 heterocycles. The van der Waals surface area contributed by atoms with Crippen molar-refractivity contribution in [3.05, 3.63) is 59.5 Å². The zero-order valence-corrected chi connectivity index (χ0v) is 22.9. The van der Waals surface area contributed by atoms with E-state index in [2.05, 4.69) is 15.4 Å². The Kier molecular flexibility index (Phi) is 9.86. The lowest BCUT2D eigenvalue weighted by Gasteiger charge is -2.28. The van der Waals surface area contributed by atoms with Crippen LogP contribution >= 0.6 is 0 Å². The quantitative estimate of drug-likeness (QED) is 0.138. The van der Waals surface area contributed by atoms with E-state index in [1.807, 2.05) is 26.8 Å². The Labute approximate surface area is 227 Å². The van der Waals surface area contributed by atoms with Crippen LogP contribution in [-0.4, -0.2) is 53.9 Å². The van der Waals surface area contributed by atoms with Crippen molar-refractivity contribution in [2.45, 2.75) is 52.6 Å². The molecule has 5 N–H and O–H groups in total. The molecule has 1 atom stereocenters. The molecule has 210 valence electrons. The second-order valence-corrected chi connectivity index (χ2v) is 10.3. The number of unbranched alkanes of at least 4 members (excludes halogenated alkanes) is 2. The van der Waals surface area contributed by atoms with E-state index in [0.29, 0.717) is 36.3 Å². The third-order valence-corrected chi connectivity index (χ3v) is 6.13. The Morgan fingerprint density at radius 3 is 2.46 bits per heavy atom. The molecule has 0 aliphatic carbocycles. The van der Waals surface area contributed by atoms with Gasteiger partial charge in [-0.15, -0.1) is 0 Å². The first-order valence-electron chi connectivity index (χ1n) is 12.8. The van der Waals surface area contributed by atoms with E-state index in [1.54, 1.807) is 28.9 Å². The molecule has 11 heteroatoms. The van der Waals surface area contributed by atoms with Crippen LogP contribution in [0.2, 0.25) is 0 Å². The average molecular weight is 541 g/mol. The van der Waals surface area contributed by atoms with Crippen molar-refractivity contribution in [3.8, 4) is 5.75 Å². The minimum atomic E-state index is -0.873. The summed E-state index contributed by atoms with van der Waals surface area (Å²) in [6.07, 6.45) is 2.58. The summed E-state index contributed by atoms with van der Waals surface area (Å²) in [7, 11) is 1.28. The number of fused-ring (bicyclic) bond motifs is 1. The fourth-order valence-corrected chi connectivity index (χ4v) is 4.03. The molecule has 0 bridgehead atoms. The van der Waals surface area contributed by atoms with Crippen LogP contribution in [0.1, 0.15) is 56.1 Å². The molecule has 1 amide bonds.